The van der Waals surface area contributed by atoms with Crippen molar-refractivity contribution in [3.63, 3.8) is 0 Å². The summed E-state index contributed by atoms with van der Waals surface area (Å²) in [5.41, 5.74) is 2.60. The lowest BCUT2D eigenvalue weighted by Gasteiger charge is -2.21. The number of methoxy groups -OCH3 is 2. The number of hydrogen-bond donors (Lipinski definition) is 2. The van der Waals surface area contributed by atoms with E-state index in [1.54, 1.807) is 12.1 Å². The Balaban J connectivity index is 1.51. The van der Waals surface area contributed by atoms with Crippen LogP contribution in [0.3, 0.4) is 0 Å². The molecule has 0 fully saturated rings. The molecule has 3 aromatic rings. The zero-order valence-electron chi connectivity index (χ0n) is 18.4. The summed E-state index contributed by atoms with van der Waals surface area (Å²) in [6, 6.07) is 18.5. The molecule has 0 aliphatic carbocycles. The molecule has 0 aromatic heterocycles. The standard InChI is InChI=1S/C25H25ClN2O5/c1-30-22-14-23(31-2)20(13-19(22)26)28-25(29)27-18(10-16-6-4-3-5-7-16)11-17-8-9-21-24(12-17)33-15-32-21/h3-9,12-14,18H,10-11,15H2,1-2H3,(H2,27,28,29). The summed E-state index contributed by atoms with van der Waals surface area (Å²) in [5.74, 6) is 2.35. The minimum absolute atomic E-state index is 0.174. The molecule has 0 saturated heterocycles. The number of urea groups is 1. The van der Waals surface area contributed by atoms with Crippen LogP contribution in [0, 0.1) is 0 Å². The maximum atomic E-state index is 12.9. The number of nitrogens with one attached hydrogen (secondary N) is 2. The van der Waals surface area contributed by atoms with Crippen molar-refractivity contribution in [2.75, 3.05) is 26.3 Å². The summed E-state index contributed by atoms with van der Waals surface area (Å²) in [7, 11) is 3.04. The van der Waals surface area contributed by atoms with E-state index >= 15 is 0 Å². The van der Waals surface area contributed by atoms with Crippen LogP contribution in [-0.4, -0.2) is 33.1 Å². The van der Waals surface area contributed by atoms with Crippen LogP contribution in [0.2, 0.25) is 5.02 Å². The molecule has 2 amide bonds. The van der Waals surface area contributed by atoms with Gasteiger partial charge >= 0.3 is 6.03 Å². The number of hydrogen-bond acceptors (Lipinski definition) is 5. The molecule has 1 aliphatic heterocycles. The fraction of sp³-hybridized carbons (Fsp3) is 0.240. The molecule has 0 spiro atoms. The third-order valence-corrected chi connectivity index (χ3v) is 5.60. The molecule has 0 bridgehead atoms. The summed E-state index contributed by atoms with van der Waals surface area (Å²) < 4.78 is 21.5. The van der Waals surface area contributed by atoms with Crippen molar-refractivity contribution in [2.45, 2.75) is 18.9 Å². The molecular formula is C25H25ClN2O5. The van der Waals surface area contributed by atoms with Crippen LogP contribution < -0.4 is 29.6 Å². The topological polar surface area (TPSA) is 78.1 Å². The van der Waals surface area contributed by atoms with E-state index in [9.17, 15) is 4.79 Å². The van der Waals surface area contributed by atoms with Gasteiger partial charge in [-0.1, -0.05) is 48.0 Å². The zero-order valence-corrected chi connectivity index (χ0v) is 19.1. The molecule has 33 heavy (non-hydrogen) atoms. The summed E-state index contributed by atoms with van der Waals surface area (Å²) in [4.78, 5) is 12.9. The molecule has 3 aromatic carbocycles. The van der Waals surface area contributed by atoms with Gasteiger partial charge in [-0.15, -0.1) is 0 Å². The smallest absolute Gasteiger partial charge is 0.319 e. The van der Waals surface area contributed by atoms with Crippen molar-refractivity contribution >= 4 is 23.3 Å². The lowest BCUT2D eigenvalue weighted by molar-refractivity contribution is 0.174. The summed E-state index contributed by atoms with van der Waals surface area (Å²) in [6.07, 6.45) is 1.27. The van der Waals surface area contributed by atoms with Crippen LogP contribution in [-0.2, 0) is 12.8 Å². The summed E-state index contributed by atoms with van der Waals surface area (Å²) in [5, 5.41) is 6.29. The molecule has 1 aliphatic rings. The highest BCUT2D eigenvalue weighted by Gasteiger charge is 2.19. The number of benzene rings is 3. The normalized spacial score (nSPS) is 12.7. The molecule has 7 nitrogen and oxygen atoms in total. The predicted molar refractivity (Wildman–Crippen MR) is 127 cm³/mol. The van der Waals surface area contributed by atoms with E-state index in [2.05, 4.69) is 10.6 Å². The molecule has 4 rings (SSSR count). The molecule has 1 heterocycles. The largest absolute Gasteiger partial charge is 0.495 e. The van der Waals surface area contributed by atoms with Gasteiger partial charge in [0, 0.05) is 12.1 Å². The molecule has 1 unspecified atom stereocenters. The lowest BCUT2D eigenvalue weighted by Crippen LogP contribution is -2.40. The van der Waals surface area contributed by atoms with Gasteiger partial charge in [0.05, 0.1) is 24.9 Å². The second-order valence-electron chi connectivity index (χ2n) is 7.56. The van der Waals surface area contributed by atoms with Crippen molar-refractivity contribution in [1.82, 2.24) is 5.32 Å². The monoisotopic (exact) mass is 468 g/mol. The van der Waals surface area contributed by atoms with Gasteiger partial charge in [0.2, 0.25) is 6.79 Å². The van der Waals surface area contributed by atoms with E-state index in [4.69, 9.17) is 30.5 Å². The van der Waals surface area contributed by atoms with Crippen LogP contribution in [0.4, 0.5) is 10.5 Å². The van der Waals surface area contributed by atoms with E-state index in [1.807, 2.05) is 48.5 Å². The first kappa shape index (κ1) is 22.6. The van der Waals surface area contributed by atoms with Gasteiger partial charge in [-0.25, -0.2) is 4.79 Å². The third-order valence-electron chi connectivity index (χ3n) is 5.30. The Kier molecular flexibility index (Phi) is 7.10. The van der Waals surface area contributed by atoms with Crippen molar-refractivity contribution in [2.24, 2.45) is 0 Å². The highest BCUT2D eigenvalue weighted by molar-refractivity contribution is 6.32. The van der Waals surface area contributed by atoms with E-state index in [0.29, 0.717) is 40.8 Å². The van der Waals surface area contributed by atoms with E-state index in [0.717, 1.165) is 16.9 Å². The molecule has 172 valence electrons. The number of rotatable bonds is 8. The van der Waals surface area contributed by atoms with Crippen molar-refractivity contribution < 1.29 is 23.7 Å². The van der Waals surface area contributed by atoms with Gasteiger partial charge in [0.25, 0.3) is 0 Å². The van der Waals surface area contributed by atoms with Crippen LogP contribution in [0.25, 0.3) is 0 Å². The SMILES string of the molecule is COc1cc(OC)c(NC(=O)NC(Cc2ccccc2)Cc2ccc3c(c2)OCO3)cc1Cl. The van der Waals surface area contributed by atoms with Crippen molar-refractivity contribution in [1.29, 1.82) is 0 Å². The number of anilines is 1. The first-order valence-corrected chi connectivity index (χ1v) is 10.8. The fourth-order valence-corrected chi connectivity index (χ4v) is 3.97. The quantitative estimate of drug-likeness (QED) is 0.483. The van der Waals surface area contributed by atoms with E-state index in [1.165, 1.54) is 14.2 Å². The Labute approximate surface area is 197 Å². The highest BCUT2D eigenvalue weighted by atomic mass is 35.5. The number of halogens is 1. The maximum Gasteiger partial charge on any atom is 0.319 e. The van der Waals surface area contributed by atoms with Gasteiger partial charge in [-0.3, -0.25) is 0 Å². The van der Waals surface area contributed by atoms with Gasteiger partial charge in [0.15, 0.2) is 11.5 Å². The first-order valence-electron chi connectivity index (χ1n) is 10.5. The van der Waals surface area contributed by atoms with Crippen LogP contribution >= 0.6 is 11.6 Å². The lowest BCUT2D eigenvalue weighted by atomic mass is 9.98. The molecular weight excluding hydrogens is 444 g/mol. The van der Waals surface area contributed by atoms with Crippen LogP contribution in [0.5, 0.6) is 23.0 Å². The Morgan fingerprint density at radius 1 is 0.939 bits per heavy atom. The van der Waals surface area contributed by atoms with Crippen LogP contribution in [0.15, 0.2) is 60.7 Å². The molecule has 0 saturated carbocycles. The number of amides is 2. The van der Waals surface area contributed by atoms with E-state index in [-0.39, 0.29) is 18.9 Å². The number of carbonyl (C=O) groups is 1. The Hall–Kier alpha value is -3.58. The van der Waals surface area contributed by atoms with Gasteiger partial charge in [0.1, 0.15) is 11.5 Å². The minimum Gasteiger partial charge on any atom is -0.495 e. The second kappa shape index (κ2) is 10.4. The molecule has 8 heteroatoms. The molecule has 0 radical (unpaired) electrons. The van der Waals surface area contributed by atoms with Gasteiger partial charge < -0.3 is 29.6 Å². The number of ether oxygens (including phenoxy) is 4. The fourth-order valence-electron chi connectivity index (χ4n) is 3.73. The van der Waals surface area contributed by atoms with Crippen molar-refractivity contribution in [3.05, 3.63) is 76.8 Å². The number of carbonyl (C=O) groups excluding carboxylic acids is 1. The average Bonchev–Trinajstić information content (AvgIpc) is 3.28. The minimum atomic E-state index is -0.365. The molecule has 2 N–H and O–H groups in total. The summed E-state index contributed by atoms with van der Waals surface area (Å²) >= 11 is 6.23. The van der Waals surface area contributed by atoms with Gasteiger partial charge in [-0.05, 0) is 42.2 Å². The Bertz CT molecular complexity index is 1120. The first-order chi connectivity index (χ1) is 16.1. The maximum absolute atomic E-state index is 12.9. The zero-order chi connectivity index (χ0) is 23.2. The molecule has 1 atom stereocenters. The van der Waals surface area contributed by atoms with Gasteiger partial charge in [-0.2, -0.15) is 0 Å². The van der Waals surface area contributed by atoms with Crippen LogP contribution in [0.1, 0.15) is 11.1 Å². The third kappa shape index (κ3) is 5.62. The Morgan fingerprint density at radius 3 is 2.42 bits per heavy atom. The Morgan fingerprint density at radius 2 is 1.67 bits per heavy atom. The summed E-state index contributed by atoms with van der Waals surface area (Å²) in [6.45, 7) is 0.221. The average molecular weight is 469 g/mol. The van der Waals surface area contributed by atoms with E-state index < -0.39 is 0 Å². The van der Waals surface area contributed by atoms with Crippen molar-refractivity contribution in [3.8, 4) is 23.0 Å². The second-order valence-corrected chi connectivity index (χ2v) is 7.97. The number of fused-ring (bicyclic) bond motifs is 1. The highest BCUT2D eigenvalue weighted by Crippen LogP contribution is 2.36. The predicted octanol–water partition coefficient (Wildman–Crippen LogP) is 5.06.